The van der Waals surface area contributed by atoms with Gasteiger partial charge >= 0.3 is 0 Å². The number of methoxy groups -OCH3 is 1. The fourth-order valence-corrected chi connectivity index (χ4v) is 1.39. The summed E-state index contributed by atoms with van der Waals surface area (Å²) in [6.07, 6.45) is 0. The zero-order valence-electron chi connectivity index (χ0n) is 11.7. The van der Waals surface area contributed by atoms with Crippen molar-refractivity contribution in [1.29, 1.82) is 0 Å². The summed E-state index contributed by atoms with van der Waals surface area (Å²) < 4.78 is 10.5. The SMILES string of the molecule is COc1ccc(OCCNC(=O)CNC(C)C)cc1. The van der Waals surface area contributed by atoms with Gasteiger partial charge in [-0.2, -0.15) is 0 Å². The molecular formula is C14H22N2O3. The van der Waals surface area contributed by atoms with E-state index in [1.807, 2.05) is 38.1 Å². The van der Waals surface area contributed by atoms with E-state index in [1.54, 1.807) is 7.11 Å². The Labute approximate surface area is 114 Å². The van der Waals surface area contributed by atoms with Gasteiger partial charge < -0.3 is 20.1 Å². The zero-order valence-corrected chi connectivity index (χ0v) is 11.7. The lowest BCUT2D eigenvalue weighted by atomic mass is 10.3. The van der Waals surface area contributed by atoms with Gasteiger partial charge in [-0.1, -0.05) is 13.8 Å². The molecule has 0 spiro atoms. The van der Waals surface area contributed by atoms with Crippen LogP contribution in [0.1, 0.15) is 13.8 Å². The van der Waals surface area contributed by atoms with Gasteiger partial charge in [-0.05, 0) is 24.3 Å². The molecule has 1 rings (SSSR count). The molecule has 1 aromatic carbocycles. The number of hydrogen-bond acceptors (Lipinski definition) is 4. The summed E-state index contributed by atoms with van der Waals surface area (Å²) in [6, 6.07) is 7.64. The van der Waals surface area contributed by atoms with Crippen molar-refractivity contribution >= 4 is 5.91 Å². The third-order valence-corrected chi connectivity index (χ3v) is 2.42. The Kier molecular flexibility index (Phi) is 6.74. The molecule has 0 aliphatic heterocycles. The molecule has 0 unspecified atom stereocenters. The smallest absolute Gasteiger partial charge is 0.234 e. The van der Waals surface area contributed by atoms with Crippen molar-refractivity contribution in [3.63, 3.8) is 0 Å². The molecule has 0 aromatic heterocycles. The van der Waals surface area contributed by atoms with Crippen molar-refractivity contribution in [2.24, 2.45) is 0 Å². The minimum atomic E-state index is -0.0213. The first-order valence-corrected chi connectivity index (χ1v) is 6.38. The monoisotopic (exact) mass is 266 g/mol. The summed E-state index contributed by atoms with van der Waals surface area (Å²) in [6.45, 7) is 5.27. The molecule has 0 heterocycles. The van der Waals surface area contributed by atoms with E-state index in [4.69, 9.17) is 9.47 Å². The molecule has 0 aliphatic rings. The zero-order chi connectivity index (χ0) is 14.1. The van der Waals surface area contributed by atoms with Gasteiger partial charge in [0.05, 0.1) is 20.2 Å². The number of ether oxygens (including phenoxy) is 2. The van der Waals surface area contributed by atoms with Crippen molar-refractivity contribution in [3.05, 3.63) is 24.3 Å². The summed E-state index contributed by atoms with van der Waals surface area (Å²) in [5.74, 6) is 1.53. The second-order valence-electron chi connectivity index (χ2n) is 4.41. The summed E-state index contributed by atoms with van der Waals surface area (Å²) in [4.78, 5) is 11.4. The fourth-order valence-electron chi connectivity index (χ4n) is 1.39. The molecule has 106 valence electrons. The van der Waals surface area contributed by atoms with E-state index in [0.29, 0.717) is 25.7 Å². The average Bonchev–Trinajstić information content (AvgIpc) is 2.42. The van der Waals surface area contributed by atoms with Crippen LogP contribution in [0.4, 0.5) is 0 Å². The second-order valence-corrected chi connectivity index (χ2v) is 4.41. The van der Waals surface area contributed by atoms with Crippen LogP contribution in [-0.4, -0.2) is 38.8 Å². The normalized spacial score (nSPS) is 10.3. The van der Waals surface area contributed by atoms with Crippen LogP contribution < -0.4 is 20.1 Å². The maximum absolute atomic E-state index is 11.4. The number of nitrogens with one attached hydrogen (secondary N) is 2. The topological polar surface area (TPSA) is 59.6 Å². The number of rotatable bonds is 8. The van der Waals surface area contributed by atoms with Gasteiger partial charge in [0.2, 0.25) is 5.91 Å². The van der Waals surface area contributed by atoms with Gasteiger partial charge in [0.25, 0.3) is 0 Å². The molecule has 0 saturated carbocycles. The Balaban J connectivity index is 2.14. The molecule has 5 heteroatoms. The van der Waals surface area contributed by atoms with E-state index in [2.05, 4.69) is 10.6 Å². The Hall–Kier alpha value is -1.75. The highest BCUT2D eigenvalue weighted by Gasteiger charge is 2.01. The molecule has 1 amide bonds. The summed E-state index contributed by atoms with van der Waals surface area (Å²) in [5, 5.41) is 5.83. The van der Waals surface area contributed by atoms with Crippen LogP contribution >= 0.6 is 0 Å². The van der Waals surface area contributed by atoms with E-state index in [9.17, 15) is 4.79 Å². The lowest BCUT2D eigenvalue weighted by Crippen LogP contribution is -2.38. The maximum Gasteiger partial charge on any atom is 0.234 e. The molecule has 1 aromatic rings. The summed E-state index contributed by atoms with van der Waals surface area (Å²) in [7, 11) is 1.62. The van der Waals surface area contributed by atoms with Crippen LogP contribution in [0.3, 0.4) is 0 Å². The number of carbonyl (C=O) groups excluding carboxylic acids is 1. The Morgan fingerprint density at radius 2 is 1.84 bits per heavy atom. The highest BCUT2D eigenvalue weighted by atomic mass is 16.5. The molecule has 19 heavy (non-hydrogen) atoms. The molecule has 0 atom stereocenters. The first kappa shape index (κ1) is 15.3. The van der Waals surface area contributed by atoms with E-state index >= 15 is 0 Å². The van der Waals surface area contributed by atoms with Crippen molar-refractivity contribution in [2.45, 2.75) is 19.9 Å². The van der Waals surface area contributed by atoms with Crippen molar-refractivity contribution in [2.75, 3.05) is 26.8 Å². The van der Waals surface area contributed by atoms with E-state index in [-0.39, 0.29) is 5.91 Å². The number of hydrogen-bond donors (Lipinski definition) is 2. The van der Waals surface area contributed by atoms with Gasteiger partial charge in [-0.15, -0.1) is 0 Å². The Morgan fingerprint density at radius 3 is 2.42 bits per heavy atom. The standard InChI is InChI=1S/C14H22N2O3/c1-11(2)16-10-14(17)15-8-9-19-13-6-4-12(18-3)5-7-13/h4-7,11,16H,8-10H2,1-3H3,(H,15,17). The minimum absolute atomic E-state index is 0.0213. The third-order valence-electron chi connectivity index (χ3n) is 2.42. The third kappa shape index (κ3) is 6.67. The van der Waals surface area contributed by atoms with Gasteiger partial charge in [0.1, 0.15) is 18.1 Å². The minimum Gasteiger partial charge on any atom is -0.497 e. The largest absolute Gasteiger partial charge is 0.497 e. The first-order chi connectivity index (χ1) is 9.11. The summed E-state index contributed by atoms with van der Waals surface area (Å²) in [5.41, 5.74) is 0. The number of benzene rings is 1. The van der Waals surface area contributed by atoms with Gasteiger partial charge in [-0.25, -0.2) is 0 Å². The highest BCUT2D eigenvalue weighted by molar-refractivity contribution is 5.77. The predicted octanol–water partition coefficient (Wildman–Crippen LogP) is 1.19. The Bertz CT molecular complexity index is 377. The van der Waals surface area contributed by atoms with Crippen molar-refractivity contribution in [1.82, 2.24) is 10.6 Å². The highest BCUT2D eigenvalue weighted by Crippen LogP contribution is 2.16. The average molecular weight is 266 g/mol. The fraction of sp³-hybridized carbons (Fsp3) is 0.500. The predicted molar refractivity (Wildman–Crippen MR) is 74.6 cm³/mol. The van der Waals surface area contributed by atoms with Gasteiger partial charge in [-0.3, -0.25) is 4.79 Å². The Morgan fingerprint density at radius 1 is 1.21 bits per heavy atom. The van der Waals surface area contributed by atoms with Crippen molar-refractivity contribution < 1.29 is 14.3 Å². The quantitative estimate of drug-likeness (QED) is 0.694. The van der Waals surface area contributed by atoms with Crippen LogP contribution in [-0.2, 0) is 4.79 Å². The van der Waals surface area contributed by atoms with Gasteiger partial charge in [0.15, 0.2) is 0 Å². The van der Waals surface area contributed by atoms with Crippen LogP contribution in [0.2, 0.25) is 0 Å². The molecule has 0 bridgehead atoms. The summed E-state index contributed by atoms with van der Waals surface area (Å²) >= 11 is 0. The lowest BCUT2D eigenvalue weighted by molar-refractivity contribution is -0.120. The van der Waals surface area contributed by atoms with Crippen LogP contribution in [0.5, 0.6) is 11.5 Å². The van der Waals surface area contributed by atoms with Crippen molar-refractivity contribution in [3.8, 4) is 11.5 Å². The molecule has 5 nitrogen and oxygen atoms in total. The second kappa shape index (κ2) is 8.37. The van der Waals surface area contributed by atoms with E-state index in [0.717, 1.165) is 11.5 Å². The first-order valence-electron chi connectivity index (χ1n) is 6.38. The van der Waals surface area contributed by atoms with Crippen LogP contribution in [0.25, 0.3) is 0 Å². The molecule has 0 radical (unpaired) electrons. The number of amides is 1. The van der Waals surface area contributed by atoms with E-state index in [1.165, 1.54) is 0 Å². The number of carbonyl (C=O) groups is 1. The molecule has 0 saturated heterocycles. The molecule has 0 aliphatic carbocycles. The molecule has 2 N–H and O–H groups in total. The van der Waals surface area contributed by atoms with Gasteiger partial charge in [0, 0.05) is 6.04 Å². The van der Waals surface area contributed by atoms with Crippen LogP contribution in [0.15, 0.2) is 24.3 Å². The van der Waals surface area contributed by atoms with E-state index < -0.39 is 0 Å². The molecular weight excluding hydrogens is 244 g/mol. The van der Waals surface area contributed by atoms with Crippen LogP contribution in [0, 0.1) is 0 Å². The molecule has 0 fully saturated rings. The maximum atomic E-state index is 11.4. The lowest BCUT2D eigenvalue weighted by Gasteiger charge is -2.10.